The zero-order valence-electron chi connectivity index (χ0n) is 7.78. The molecule has 16 heavy (non-hydrogen) atoms. The van der Waals surface area contributed by atoms with Crippen molar-refractivity contribution in [3.63, 3.8) is 0 Å². The number of nitrogens with two attached hydrogens (primary N) is 1. The van der Waals surface area contributed by atoms with Gasteiger partial charge in [0.2, 0.25) is 11.2 Å². The molecule has 1 heterocycles. The average molecular weight is 320 g/mol. The van der Waals surface area contributed by atoms with Crippen molar-refractivity contribution in [2.75, 3.05) is 5.73 Å². The minimum absolute atomic E-state index is 0.0403. The second kappa shape index (κ2) is 4.53. The molecule has 0 aliphatic rings. The maximum Gasteiger partial charge on any atom is 0.227 e. The molecule has 2 rings (SSSR count). The van der Waals surface area contributed by atoms with Gasteiger partial charge in [-0.15, -0.1) is 0 Å². The summed E-state index contributed by atoms with van der Waals surface area (Å²) < 4.78 is 0.752. The highest BCUT2D eigenvalue weighted by molar-refractivity contribution is 9.10. The summed E-state index contributed by atoms with van der Waals surface area (Å²) in [6.07, 6.45) is 0. The number of benzene rings is 1. The summed E-state index contributed by atoms with van der Waals surface area (Å²) >= 11 is 15.1. The van der Waals surface area contributed by atoms with Gasteiger partial charge in [-0.3, -0.25) is 0 Å². The van der Waals surface area contributed by atoms with Gasteiger partial charge in [0.05, 0.1) is 5.02 Å². The van der Waals surface area contributed by atoms with Crippen LogP contribution in [0.1, 0.15) is 0 Å². The molecular formula is C9H5BrCl2N4. The lowest BCUT2D eigenvalue weighted by Gasteiger charge is -2.04. The van der Waals surface area contributed by atoms with Crippen LogP contribution in [0.3, 0.4) is 0 Å². The Kier molecular flexibility index (Phi) is 3.28. The van der Waals surface area contributed by atoms with Crippen LogP contribution in [-0.4, -0.2) is 15.0 Å². The molecule has 0 spiro atoms. The SMILES string of the molecule is Nc1nc(Cl)nc(-c2cccc(Br)c2Cl)n1. The Morgan fingerprint density at radius 1 is 1.12 bits per heavy atom. The largest absolute Gasteiger partial charge is 0.368 e. The van der Waals surface area contributed by atoms with E-state index >= 15 is 0 Å². The van der Waals surface area contributed by atoms with Crippen LogP contribution in [0.2, 0.25) is 10.3 Å². The number of nitrogen functional groups attached to an aromatic ring is 1. The second-order valence-electron chi connectivity index (χ2n) is 2.89. The Bertz CT molecular complexity index is 527. The number of rotatable bonds is 1. The van der Waals surface area contributed by atoms with Crippen LogP contribution in [0.25, 0.3) is 11.4 Å². The monoisotopic (exact) mass is 318 g/mol. The van der Waals surface area contributed by atoms with Gasteiger partial charge in [-0.2, -0.15) is 15.0 Å². The molecule has 1 aromatic heterocycles. The molecule has 0 atom stereocenters. The topological polar surface area (TPSA) is 64.7 Å². The van der Waals surface area contributed by atoms with Crippen molar-refractivity contribution in [1.82, 2.24) is 15.0 Å². The van der Waals surface area contributed by atoms with Crippen LogP contribution in [0, 0.1) is 0 Å². The van der Waals surface area contributed by atoms with E-state index in [1.165, 1.54) is 0 Å². The first-order valence-corrected chi connectivity index (χ1v) is 5.74. The third-order valence-electron chi connectivity index (χ3n) is 1.82. The summed E-state index contributed by atoms with van der Waals surface area (Å²) in [6, 6.07) is 5.41. The third kappa shape index (κ3) is 2.26. The molecule has 0 radical (unpaired) electrons. The first kappa shape index (κ1) is 11.6. The number of hydrogen-bond acceptors (Lipinski definition) is 4. The van der Waals surface area contributed by atoms with Gasteiger partial charge in [-0.05, 0) is 39.7 Å². The average Bonchev–Trinajstić information content (AvgIpc) is 2.20. The van der Waals surface area contributed by atoms with Crippen molar-refractivity contribution in [3.05, 3.63) is 33.0 Å². The minimum Gasteiger partial charge on any atom is -0.368 e. The molecule has 0 saturated heterocycles. The highest BCUT2D eigenvalue weighted by Crippen LogP contribution is 2.32. The second-order valence-corrected chi connectivity index (χ2v) is 4.46. The lowest BCUT2D eigenvalue weighted by Crippen LogP contribution is -2.00. The number of halogens is 3. The number of aromatic nitrogens is 3. The van der Waals surface area contributed by atoms with Crippen molar-refractivity contribution < 1.29 is 0 Å². The zero-order chi connectivity index (χ0) is 11.7. The van der Waals surface area contributed by atoms with E-state index in [0.29, 0.717) is 16.4 Å². The van der Waals surface area contributed by atoms with Crippen LogP contribution in [0.15, 0.2) is 22.7 Å². The minimum atomic E-state index is 0.0403. The molecule has 0 saturated carbocycles. The maximum absolute atomic E-state index is 6.10. The van der Waals surface area contributed by atoms with Gasteiger partial charge in [0.15, 0.2) is 5.82 Å². The van der Waals surface area contributed by atoms with Crippen LogP contribution in [0.5, 0.6) is 0 Å². The molecule has 0 amide bonds. The van der Waals surface area contributed by atoms with Gasteiger partial charge in [0.25, 0.3) is 0 Å². The van der Waals surface area contributed by atoms with Crippen molar-refractivity contribution >= 4 is 45.1 Å². The molecule has 0 fully saturated rings. The van der Waals surface area contributed by atoms with Gasteiger partial charge < -0.3 is 5.73 Å². The zero-order valence-corrected chi connectivity index (χ0v) is 10.9. The lowest BCUT2D eigenvalue weighted by molar-refractivity contribution is 1.07. The molecular weight excluding hydrogens is 315 g/mol. The van der Waals surface area contributed by atoms with Crippen LogP contribution >= 0.6 is 39.1 Å². The number of nitrogens with zero attached hydrogens (tertiary/aromatic N) is 3. The van der Waals surface area contributed by atoms with Crippen molar-refractivity contribution in [2.24, 2.45) is 0 Å². The predicted octanol–water partition coefficient (Wildman–Crippen LogP) is 3.19. The summed E-state index contributed by atoms with van der Waals surface area (Å²) in [4.78, 5) is 11.6. The molecule has 0 bridgehead atoms. The highest BCUT2D eigenvalue weighted by Gasteiger charge is 2.11. The summed E-state index contributed by atoms with van der Waals surface area (Å²) in [5, 5.41) is 0.544. The highest BCUT2D eigenvalue weighted by atomic mass is 79.9. The quantitative estimate of drug-likeness (QED) is 0.876. The first-order chi connectivity index (χ1) is 7.58. The fourth-order valence-corrected chi connectivity index (χ4v) is 1.91. The summed E-state index contributed by atoms with van der Waals surface area (Å²) in [5.74, 6) is 0.412. The number of anilines is 1. The molecule has 2 aromatic rings. The Morgan fingerprint density at radius 3 is 2.56 bits per heavy atom. The van der Waals surface area contributed by atoms with Crippen molar-refractivity contribution in [3.8, 4) is 11.4 Å². The summed E-state index contributed by atoms with van der Waals surface area (Å²) in [5.41, 5.74) is 6.13. The smallest absolute Gasteiger partial charge is 0.227 e. The molecule has 1 aromatic carbocycles. The van der Waals surface area contributed by atoms with Crippen LogP contribution in [0.4, 0.5) is 5.95 Å². The van der Waals surface area contributed by atoms with E-state index in [-0.39, 0.29) is 11.2 Å². The molecule has 0 unspecified atom stereocenters. The predicted molar refractivity (Wildman–Crippen MR) is 67.4 cm³/mol. The Morgan fingerprint density at radius 2 is 1.88 bits per heavy atom. The van der Waals surface area contributed by atoms with Gasteiger partial charge in [-0.25, -0.2) is 0 Å². The van der Waals surface area contributed by atoms with Gasteiger partial charge in [0.1, 0.15) is 0 Å². The summed E-state index contributed by atoms with van der Waals surface area (Å²) in [7, 11) is 0. The molecule has 0 aliphatic heterocycles. The fourth-order valence-electron chi connectivity index (χ4n) is 1.16. The third-order valence-corrected chi connectivity index (χ3v) is 3.28. The number of hydrogen-bond donors (Lipinski definition) is 1. The van der Waals surface area contributed by atoms with E-state index in [9.17, 15) is 0 Å². The Hall–Kier alpha value is -0.910. The Labute approximate surface area is 110 Å². The van der Waals surface area contributed by atoms with Crippen LogP contribution < -0.4 is 5.73 Å². The lowest BCUT2D eigenvalue weighted by atomic mass is 10.2. The first-order valence-electron chi connectivity index (χ1n) is 4.19. The molecule has 4 nitrogen and oxygen atoms in total. The molecule has 2 N–H and O–H groups in total. The van der Waals surface area contributed by atoms with E-state index in [1.807, 2.05) is 12.1 Å². The van der Waals surface area contributed by atoms with Crippen molar-refractivity contribution in [2.45, 2.75) is 0 Å². The molecule has 82 valence electrons. The summed E-state index contributed by atoms with van der Waals surface area (Å²) in [6.45, 7) is 0. The van der Waals surface area contributed by atoms with E-state index in [2.05, 4.69) is 30.9 Å². The van der Waals surface area contributed by atoms with Crippen LogP contribution in [-0.2, 0) is 0 Å². The standard InChI is InChI=1S/C9H5BrCl2N4/c10-5-3-1-2-4(6(5)11)7-14-8(12)16-9(13)15-7/h1-3H,(H2,13,14,15,16). The van der Waals surface area contributed by atoms with E-state index < -0.39 is 0 Å². The van der Waals surface area contributed by atoms with Gasteiger partial charge in [-0.1, -0.05) is 17.7 Å². The van der Waals surface area contributed by atoms with E-state index in [4.69, 9.17) is 28.9 Å². The van der Waals surface area contributed by atoms with Gasteiger partial charge >= 0.3 is 0 Å². The Balaban J connectivity index is 2.63. The van der Waals surface area contributed by atoms with Crippen molar-refractivity contribution in [1.29, 1.82) is 0 Å². The fraction of sp³-hybridized carbons (Fsp3) is 0. The van der Waals surface area contributed by atoms with Gasteiger partial charge in [0, 0.05) is 10.0 Å². The van der Waals surface area contributed by atoms with E-state index in [0.717, 1.165) is 4.47 Å². The maximum atomic E-state index is 6.10. The molecule has 7 heteroatoms. The molecule has 0 aliphatic carbocycles. The van der Waals surface area contributed by atoms with E-state index in [1.54, 1.807) is 6.07 Å². The normalized spacial score (nSPS) is 10.4.